The lowest BCUT2D eigenvalue weighted by atomic mass is 9.98. The second-order valence-electron chi connectivity index (χ2n) is 5.22. The summed E-state index contributed by atoms with van der Waals surface area (Å²) in [5.74, 6) is 0. The third-order valence-electron chi connectivity index (χ3n) is 3.73. The molecule has 0 atom stereocenters. The molecule has 0 amide bonds. The number of anilines is 1. The van der Waals surface area contributed by atoms with E-state index in [1.54, 1.807) is 6.07 Å². The molecular formula is C16H16Cl2N2. The van der Waals surface area contributed by atoms with Crippen LogP contribution in [0.1, 0.15) is 16.7 Å². The highest BCUT2D eigenvalue weighted by Crippen LogP contribution is 2.26. The molecule has 0 bridgehead atoms. The summed E-state index contributed by atoms with van der Waals surface area (Å²) in [6.07, 6.45) is 1.06. The Morgan fingerprint density at radius 1 is 1.05 bits per heavy atom. The van der Waals surface area contributed by atoms with Gasteiger partial charge < -0.3 is 5.73 Å². The third-order valence-corrected chi connectivity index (χ3v) is 4.32. The number of nitrogen functional groups attached to an aromatic ring is 1. The van der Waals surface area contributed by atoms with Gasteiger partial charge >= 0.3 is 0 Å². The van der Waals surface area contributed by atoms with E-state index >= 15 is 0 Å². The van der Waals surface area contributed by atoms with E-state index in [0.717, 1.165) is 42.3 Å². The second-order valence-corrected chi connectivity index (χ2v) is 6.07. The molecule has 0 aromatic heterocycles. The lowest BCUT2D eigenvalue weighted by Gasteiger charge is -2.29. The van der Waals surface area contributed by atoms with Crippen molar-refractivity contribution in [2.24, 2.45) is 0 Å². The number of nitrogens with zero attached hydrogens (tertiary/aromatic N) is 1. The molecular weight excluding hydrogens is 291 g/mol. The maximum atomic E-state index is 6.24. The molecule has 0 saturated carbocycles. The molecule has 2 nitrogen and oxygen atoms in total. The van der Waals surface area contributed by atoms with Crippen molar-refractivity contribution in [1.29, 1.82) is 0 Å². The number of hydrogen-bond acceptors (Lipinski definition) is 2. The maximum Gasteiger partial charge on any atom is 0.0465 e. The van der Waals surface area contributed by atoms with E-state index in [4.69, 9.17) is 28.9 Å². The normalized spacial score (nSPS) is 15.1. The maximum absolute atomic E-state index is 6.24. The van der Waals surface area contributed by atoms with Crippen molar-refractivity contribution in [3.05, 3.63) is 63.1 Å². The van der Waals surface area contributed by atoms with Crippen LogP contribution in [-0.4, -0.2) is 11.4 Å². The zero-order chi connectivity index (χ0) is 14.1. The second kappa shape index (κ2) is 5.65. The van der Waals surface area contributed by atoms with E-state index in [-0.39, 0.29) is 0 Å². The molecule has 4 heteroatoms. The van der Waals surface area contributed by atoms with Gasteiger partial charge in [-0.2, -0.15) is 0 Å². The van der Waals surface area contributed by atoms with Gasteiger partial charge in [0.25, 0.3) is 0 Å². The molecule has 2 N–H and O–H groups in total. The fraction of sp³-hybridized carbons (Fsp3) is 0.250. The molecule has 0 fully saturated rings. The lowest BCUT2D eigenvalue weighted by molar-refractivity contribution is 0.245. The van der Waals surface area contributed by atoms with Gasteiger partial charge in [-0.1, -0.05) is 35.3 Å². The van der Waals surface area contributed by atoms with Crippen molar-refractivity contribution >= 4 is 28.9 Å². The first-order chi connectivity index (χ1) is 9.61. The number of halogens is 2. The minimum Gasteiger partial charge on any atom is -0.399 e. The van der Waals surface area contributed by atoms with Crippen LogP contribution in [0.2, 0.25) is 10.0 Å². The molecule has 2 aromatic carbocycles. The molecule has 1 aliphatic rings. The Bertz CT molecular complexity index is 640. The van der Waals surface area contributed by atoms with Crippen molar-refractivity contribution in [3.8, 4) is 0 Å². The molecule has 0 aliphatic carbocycles. The molecule has 1 heterocycles. The molecule has 104 valence electrons. The van der Waals surface area contributed by atoms with E-state index in [1.807, 2.05) is 18.2 Å². The molecule has 0 unspecified atom stereocenters. The molecule has 0 spiro atoms. The zero-order valence-corrected chi connectivity index (χ0v) is 12.6. The average Bonchev–Trinajstić information content (AvgIpc) is 2.41. The van der Waals surface area contributed by atoms with E-state index in [2.05, 4.69) is 17.0 Å². The number of nitrogens with two attached hydrogens (primary N) is 1. The van der Waals surface area contributed by atoms with Gasteiger partial charge in [-0.3, -0.25) is 4.90 Å². The zero-order valence-electron chi connectivity index (χ0n) is 11.1. The molecule has 2 aromatic rings. The molecule has 0 radical (unpaired) electrons. The van der Waals surface area contributed by atoms with Gasteiger partial charge in [0.1, 0.15) is 0 Å². The SMILES string of the molecule is Nc1ccc2c(c1)CN(Cc1ccc(Cl)cc1Cl)CC2. The predicted molar refractivity (Wildman–Crippen MR) is 85.1 cm³/mol. The summed E-state index contributed by atoms with van der Waals surface area (Å²) < 4.78 is 0. The predicted octanol–water partition coefficient (Wildman–Crippen LogP) is 4.13. The first kappa shape index (κ1) is 13.7. The highest BCUT2D eigenvalue weighted by molar-refractivity contribution is 6.35. The average molecular weight is 307 g/mol. The first-order valence-electron chi connectivity index (χ1n) is 6.65. The topological polar surface area (TPSA) is 29.3 Å². The fourth-order valence-corrected chi connectivity index (χ4v) is 3.13. The number of benzene rings is 2. The van der Waals surface area contributed by atoms with Gasteiger partial charge in [0.15, 0.2) is 0 Å². The third kappa shape index (κ3) is 2.93. The standard InChI is InChI=1S/C16H16Cl2N2/c17-14-3-1-12(16(18)8-14)9-20-6-5-11-2-4-15(19)7-13(11)10-20/h1-4,7-8H,5-6,9-10,19H2. The van der Waals surface area contributed by atoms with E-state index in [1.165, 1.54) is 11.1 Å². The minimum absolute atomic E-state index is 0.676. The van der Waals surface area contributed by atoms with Crippen LogP contribution in [-0.2, 0) is 19.5 Å². The van der Waals surface area contributed by atoms with Crippen LogP contribution in [0.3, 0.4) is 0 Å². The number of rotatable bonds is 2. The van der Waals surface area contributed by atoms with Crippen molar-refractivity contribution in [2.45, 2.75) is 19.5 Å². The van der Waals surface area contributed by atoms with Crippen LogP contribution in [0.15, 0.2) is 36.4 Å². The molecule has 20 heavy (non-hydrogen) atoms. The van der Waals surface area contributed by atoms with Crippen LogP contribution in [0, 0.1) is 0 Å². The van der Waals surface area contributed by atoms with Crippen LogP contribution in [0.25, 0.3) is 0 Å². The van der Waals surface area contributed by atoms with Crippen molar-refractivity contribution in [1.82, 2.24) is 4.90 Å². The van der Waals surface area contributed by atoms with Gasteiger partial charge in [-0.05, 0) is 47.4 Å². The summed E-state index contributed by atoms with van der Waals surface area (Å²) in [6, 6.07) is 11.9. The summed E-state index contributed by atoms with van der Waals surface area (Å²) in [5, 5.41) is 1.41. The largest absolute Gasteiger partial charge is 0.399 e. The summed E-state index contributed by atoms with van der Waals surface area (Å²) in [5.41, 5.74) is 10.5. The van der Waals surface area contributed by atoms with Crippen molar-refractivity contribution in [3.63, 3.8) is 0 Å². The Morgan fingerprint density at radius 3 is 2.70 bits per heavy atom. The Balaban J connectivity index is 1.77. The van der Waals surface area contributed by atoms with Crippen LogP contribution in [0.4, 0.5) is 5.69 Å². The van der Waals surface area contributed by atoms with E-state index < -0.39 is 0 Å². The highest BCUT2D eigenvalue weighted by Gasteiger charge is 2.17. The lowest BCUT2D eigenvalue weighted by Crippen LogP contribution is -2.30. The quantitative estimate of drug-likeness (QED) is 0.845. The number of hydrogen-bond donors (Lipinski definition) is 1. The van der Waals surface area contributed by atoms with Crippen molar-refractivity contribution < 1.29 is 0 Å². The van der Waals surface area contributed by atoms with Gasteiger partial charge in [-0.25, -0.2) is 0 Å². The summed E-state index contributed by atoms with van der Waals surface area (Å²) >= 11 is 12.2. The highest BCUT2D eigenvalue weighted by atomic mass is 35.5. The van der Waals surface area contributed by atoms with Crippen molar-refractivity contribution in [2.75, 3.05) is 12.3 Å². The Kier molecular flexibility index (Phi) is 3.88. The van der Waals surface area contributed by atoms with E-state index in [0.29, 0.717) is 5.02 Å². The molecule has 0 saturated heterocycles. The van der Waals surface area contributed by atoms with Gasteiger partial charge in [0.2, 0.25) is 0 Å². The Labute approximate surface area is 129 Å². The summed E-state index contributed by atoms with van der Waals surface area (Å²) in [4.78, 5) is 2.39. The van der Waals surface area contributed by atoms with E-state index in [9.17, 15) is 0 Å². The van der Waals surface area contributed by atoms with Crippen LogP contribution < -0.4 is 5.73 Å². The van der Waals surface area contributed by atoms with Gasteiger partial charge in [-0.15, -0.1) is 0 Å². The van der Waals surface area contributed by atoms with Gasteiger partial charge in [0, 0.05) is 35.4 Å². The smallest absolute Gasteiger partial charge is 0.0465 e. The monoisotopic (exact) mass is 306 g/mol. The van der Waals surface area contributed by atoms with Gasteiger partial charge in [0.05, 0.1) is 0 Å². The Hall–Kier alpha value is -1.22. The minimum atomic E-state index is 0.676. The first-order valence-corrected chi connectivity index (χ1v) is 7.41. The fourth-order valence-electron chi connectivity index (χ4n) is 2.66. The summed E-state index contributed by atoms with van der Waals surface area (Å²) in [6.45, 7) is 2.79. The molecule has 1 aliphatic heterocycles. The summed E-state index contributed by atoms with van der Waals surface area (Å²) in [7, 11) is 0. The molecule has 3 rings (SSSR count). The van der Waals surface area contributed by atoms with Crippen LogP contribution >= 0.6 is 23.2 Å². The Morgan fingerprint density at radius 2 is 1.90 bits per heavy atom. The van der Waals surface area contributed by atoms with Crippen LogP contribution in [0.5, 0.6) is 0 Å². The number of fused-ring (bicyclic) bond motifs is 1.